The molecule has 6 nitrogen and oxygen atoms in total. The summed E-state index contributed by atoms with van der Waals surface area (Å²) in [7, 11) is 0. The molecular formula is C17H26N4O2. The first-order valence-corrected chi connectivity index (χ1v) is 8.08. The number of amides is 3. The van der Waals surface area contributed by atoms with E-state index < -0.39 is 12.1 Å². The molecule has 0 bridgehead atoms. The number of nitrogens with two attached hydrogens (primary N) is 1. The number of urea groups is 1. The third-order valence-corrected chi connectivity index (χ3v) is 4.16. The maximum absolute atomic E-state index is 12.6. The molecule has 6 heteroatoms. The van der Waals surface area contributed by atoms with Crippen LogP contribution < -0.4 is 11.1 Å². The van der Waals surface area contributed by atoms with Crippen LogP contribution in [0.5, 0.6) is 0 Å². The van der Waals surface area contributed by atoms with Crippen molar-refractivity contribution in [3.63, 3.8) is 0 Å². The van der Waals surface area contributed by atoms with E-state index in [1.54, 1.807) is 0 Å². The molecule has 1 fully saturated rings. The molecule has 3 N–H and O–H groups in total. The van der Waals surface area contributed by atoms with Gasteiger partial charge in [0.25, 0.3) is 0 Å². The number of primary amides is 1. The Kier molecular flexibility index (Phi) is 5.98. The average molecular weight is 318 g/mol. The van der Waals surface area contributed by atoms with Crippen molar-refractivity contribution < 1.29 is 9.59 Å². The van der Waals surface area contributed by atoms with E-state index in [2.05, 4.69) is 22.3 Å². The van der Waals surface area contributed by atoms with E-state index >= 15 is 0 Å². The van der Waals surface area contributed by atoms with Gasteiger partial charge in [0.15, 0.2) is 0 Å². The van der Waals surface area contributed by atoms with E-state index in [-0.39, 0.29) is 11.8 Å². The van der Waals surface area contributed by atoms with Crippen molar-refractivity contribution in [3.8, 4) is 0 Å². The minimum Gasteiger partial charge on any atom is -0.352 e. The molecule has 1 aliphatic heterocycles. The lowest BCUT2D eigenvalue weighted by Gasteiger charge is -2.37. The van der Waals surface area contributed by atoms with Crippen molar-refractivity contribution in [2.45, 2.75) is 26.4 Å². The van der Waals surface area contributed by atoms with E-state index in [0.717, 1.165) is 19.6 Å². The van der Waals surface area contributed by atoms with Gasteiger partial charge in [-0.3, -0.25) is 9.69 Å². The highest BCUT2D eigenvalue weighted by Crippen LogP contribution is 2.12. The quantitative estimate of drug-likeness (QED) is 0.851. The molecule has 0 aliphatic carbocycles. The first kappa shape index (κ1) is 17.3. The van der Waals surface area contributed by atoms with Gasteiger partial charge in [-0.1, -0.05) is 44.2 Å². The van der Waals surface area contributed by atoms with E-state index in [0.29, 0.717) is 13.1 Å². The van der Waals surface area contributed by atoms with Gasteiger partial charge in [-0.15, -0.1) is 0 Å². The van der Waals surface area contributed by atoms with E-state index in [1.165, 1.54) is 5.56 Å². The number of piperazine rings is 1. The molecule has 0 unspecified atom stereocenters. The van der Waals surface area contributed by atoms with Crippen molar-refractivity contribution in [2.75, 3.05) is 26.2 Å². The Hall–Kier alpha value is -2.08. The zero-order valence-electron chi connectivity index (χ0n) is 13.9. The number of hydrogen-bond donors (Lipinski definition) is 2. The molecule has 3 amide bonds. The lowest BCUT2D eigenvalue weighted by molar-refractivity contribution is -0.136. The van der Waals surface area contributed by atoms with Crippen LogP contribution in [-0.4, -0.2) is 54.0 Å². The van der Waals surface area contributed by atoms with Crippen molar-refractivity contribution >= 4 is 11.9 Å². The molecule has 1 aliphatic rings. The molecule has 0 aromatic heterocycles. The van der Waals surface area contributed by atoms with Crippen LogP contribution in [0.25, 0.3) is 0 Å². The minimum atomic E-state index is -0.653. The molecule has 0 spiro atoms. The highest BCUT2D eigenvalue weighted by Gasteiger charge is 2.30. The Bertz CT molecular complexity index is 525. The molecule has 1 saturated heterocycles. The molecule has 2 rings (SSSR count). The second-order valence-electron chi connectivity index (χ2n) is 6.32. The molecule has 1 atom stereocenters. The number of benzene rings is 1. The summed E-state index contributed by atoms with van der Waals surface area (Å²) in [5, 5.41) is 2.56. The molecule has 1 aromatic rings. The van der Waals surface area contributed by atoms with Gasteiger partial charge in [0.2, 0.25) is 5.91 Å². The van der Waals surface area contributed by atoms with Crippen LogP contribution in [0, 0.1) is 5.92 Å². The minimum absolute atomic E-state index is 0.0114. The van der Waals surface area contributed by atoms with Crippen molar-refractivity contribution in [1.82, 2.24) is 15.1 Å². The standard InChI is InChI=1S/C17H26N4O2/c1-13(2)15(19-17(18)23)16(22)21-10-8-20(9-11-21)12-14-6-4-3-5-7-14/h3-7,13,15H,8-12H2,1-2H3,(H3,18,19,23)/t15-/m0/s1. The maximum Gasteiger partial charge on any atom is 0.312 e. The third kappa shape index (κ3) is 4.96. The number of hydrogen-bond acceptors (Lipinski definition) is 3. The lowest BCUT2D eigenvalue weighted by Crippen LogP contribution is -2.57. The van der Waals surface area contributed by atoms with Crippen LogP contribution >= 0.6 is 0 Å². The largest absolute Gasteiger partial charge is 0.352 e. The summed E-state index contributed by atoms with van der Waals surface area (Å²) in [5.41, 5.74) is 6.46. The smallest absolute Gasteiger partial charge is 0.312 e. The number of rotatable bonds is 5. The predicted molar refractivity (Wildman–Crippen MR) is 89.6 cm³/mol. The summed E-state index contributed by atoms with van der Waals surface area (Å²) in [6, 6.07) is 9.12. The summed E-state index contributed by atoms with van der Waals surface area (Å²) in [6.07, 6.45) is 0. The van der Waals surface area contributed by atoms with Crippen molar-refractivity contribution in [1.29, 1.82) is 0 Å². The molecule has 126 valence electrons. The van der Waals surface area contributed by atoms with Crippen LogP contribution in [0.4, 0.5) is 4.79 Å². The zero-order chi connectivity index (χ0) is 16.8. The Morgan fingerprint density at radius 1 is 1.13 bits per heavy atom. The van der Waals surface area contributed by atoms with Gasteiger partial charge in [0, 0.05) is 32.7 Å². The van der Waals surface area contributed by atoms with Gasteiger partial charge in [-0.25, -0.2) is 4.79 Å². The van der Waals surface area contributed by atoms with Gasteiger partial charge in [-0.2, -0.15) is 0 Å². The van der Waals surface area contributed by atoms with Crippen LogP contribution in [0.3, 0.4) is 0 Å². The fourth-order valence-electron chi connectivity index (χ4n) is 2.83. The fourth-order valence-corrected chi connectivity index (χ4v) is 2.83. The van der Waals surface area contributed by atoms with Crippen LogP contribution in [0.2, 0.25) is 0 Å². The highest BCUT2D eigenvalue weighted by atomic mass is 16.2. The summed E-state index contributed by atoms with van der Waals surface area (Å²) >= 11 is 0. The van der Waals surface area contributed by atoms with Gasteiger partial charge < -0.3 is 16.0 Å². The molecule has 1 aromatic carbocycles. The average Bonchev–Trinajstić information content (AvgIpc) is 2.53. The number of nitrogens with one attached hydrogen (secondary N) is 1. The van der Waals surface area contributed by atoms with E-state index in [1.807, 2.05) is 36.9 Å². The second-order valence-corrected chi connectivity index (χ2v) is 6.32. The topological polar surface area (TPSA) is 78.7 Å². The first-order chi connectivity index (χ1) is 11.0. The van der Waals surface area contributed by atoms with E-state index in [9.17, 15) is 9.59 Å². The second kappa shape index (κ2) is 7.97. The fraction of sp³-hybridized carbons (Fsp3) is 0.529. The van der Waals surface area contributed by atoms with Gasteiger partial charge in [0.1, 0.15) is 6.04 Å². The lowest BCUT2D eigenvalue weighted by atomic mass is 10.0. The molecule has 0 radical (unpaired) electrons. The van der Waals surface area contributed by atoms with Crippen molar-refractivity contribution in [2.24, 2.45) is 11.7 Å². The third-order valence-electron chi connectivity index (χ3n) is 4.16. The van der Waals surface area contributed by atoms with Gasteiger partial charge in [0.05, 0.1) is 0 Å². The van der Waals surface area contributed by atoms with Crippen LogP contribution in [0.1, 0.15) is 19.4 Å². The Labute approximate surface area is 137 Å². The zero-order valence-corrected chi connectivity index (χ0v) is 13.9. The highest BCUT2D eigenvalue weighted by molar-refractivity contribution is 5.86. The molecule has 0 saturated carbocycles. The first-order valence-electron chi connectivity index (χ1n) is 8.08. The van der Waals surface area contributed by atoms with Gasteiger partial charge >= 0.3 is 6.03 Å². The molecular weight excluding hydrogens is 292 g/mol. The Morgan fingerprint density at radius 2 is 1.74 bits per heavy atom. The number of carbonyl (C=O) groups is 2. The summed E-state index contributed by atoms with van der Waals surface area (Å²) in [4.78, 5) is 27.8. The number of nitrogens with zero attached hydrogens (tertiary/aromatic N) is 2. The molecule has 1 heterocycles. The summed E-state index contributed by atoms with van der Waals surface area (Å²) in [5.74, 6) is -0.0319. The van der Waals surface area contributed by atoms with Crippen molar-refractivity contribution in [3.05, 3.63) is 35.9 Å². The van der Waals surface area contributed by atoms with Crippen LogP contribution in [0.15, 0.2) is 30.3 Å². The SMILES string of the molecule is CC(C)[C@H](NC(N)=O)C(=O)N1CCN(Cc2ccccc2)CC1. The Morgan fingerprint density at radius 3 is 2.26 bits per heavy atom. The monoisotopic (exact) mass is 318 g/mol. The maximum atomic E-state index is 12.6. The normalized spacial score (nSPS) is 17.1. The van der Waals surface area contributed by atoms with E-state index in [4.69, 9.17) is 5.73 Å². The summed E-state index contributed by atoms with van der Waals surface area (Å²) < 4.78 is 0. The predicted octanol–water partition coefficient (Wildman–Crippen LogP) is 1.02. The van der Waals surface area contributed by atoms with Gasteiger partial charge in [-0.05, 0) is 11.5 Å². The Balaban J connectivity index is 1.87. The summed E-state index contributed by atoms with van der Waals surface area (Å²) in [6.45, 7) is 7.74. The number of carbonyl (C=O) groups excluding carboxylic acids is 2. The van der Waals surface area contributed by atoms with Crippen LogP contribution in [-0.2, 0) is 11.3 Å². The molecule has 23 heavy (non-hydrogen) atoms.